The molecule has 3 aliphatic rings. The maximum Gasteiger partial charge on any atom is 0.279 e. The zero-order valence-corrected chi connectivity index (χ0v) is 20.0. The minimum atomic E-state index is -3.51. The number of aryl methyl sites for hydroxylation is 1. The summed E-state index contributed by atoms with van der Waals surface area (Å²) in [6.07, 6.45) is 4.07. The molecule has 4 rings (SSSR count). The number of benzene rings is 1. The van der Waals surface area contributed by atoms with Gasteiger partial charge in [-0.3, -0.25) is 29.4 Å². The van der Waals surface area contributed by atoms with E-state index in [-0.39, 0.29) is 30.5 Å². The molecule has 0 bridgehead atoms. The Morgan fingerprint density at radius 1 is 1.03 bits per heavy atom. The van der Waals surface area contributed by atoms with Crippen LogP contribution in [0.25, 0.3) is 0 Å². The highest BCUT2D eigenvalue weighted by atomic mass is 32.2. The first kappa shape index (κ1) is 24.5. The highest BCUT2D eigenvalue weighted by Crippen LogP contribution is 2.28. The number of piperidine rings is 2. The molecule has 2 saturated heterocycles. The van der Waals surface area contributed by atoms with E-state index in [0.29, 0.717) is 31.8 Å². The van der Waals surface area contributed by atoms with Crippen LogP contribution < -0.4 is 10.0 Å². The van der Waals surface area contributed by atoms with Gasteiger partial charge in [-0.15, -0.1) is 0 Å². The Morgan fingerprint density at radius 3 is 2.41 bits per heavy atom. The van der Waals surface area contributed by atoms with Gasteiger partial charge in [0.15, 0.2) is 0 Å². The predicted octanol–water partition coefficient (Wildman–Crippen LogP) is 0.977. The number of hydrogen-bond acceptors (Lipinski definition) is 6. The Bertz CT molecular complexity index is 1110. The lowest BCUT2D eigenvalue weighted by Gasteiger charge is -2.30. The van der Waals surface area contributed by atoms with Crippen molar-refractivity contribution in [1.82, 2.24) is 19.2 Å². The smallest absolute Gasteiger partial charge is 0.279 e. The second-order valence-corrected chi connectivity index (χ2v) is 10.8. The van der Waals surface area contributed by atoms with Crippen molar-refractivity contribution in [2.45, 2.75) is 57.9 Å². The van der Waals surface area contributed by atoms with E-state index >= 15 is 0 Å². The summed E-state index contributed by atoms with van der Waals surface area (Å²) in [4.78, 5) is 50.2. The number of amides is 4. The third kappa shape index (κ3) is 4.91. The van der Waals surface area contributed by atoms with Crippen molar-refractivity contribution >= 4 is 33.8 Å². The number of fused-ring (bicyclic) bond motifs is 1. The van der Waals surface area contributed by atoms with Gasteiger partial charge in [0, 0.05) is 26.1 Å². The van der Waals surface area contributed by atoms with Gasteiger partial charge in [-0.2, -0.15) is 12.7 Å². The molecule has 3 heterocycles. The third-order valence-corrected chi connectivity index (χ3v) is 8.54. The summed E-state index contributed by atoms with van der Waals surface area (Å²) in [7, 11) is -3.51. The van der Waals surface area contributed by atoms with E-state index in [9.17, 15) is 27.6 Å². The molecule has 11 heteroatoms. The van der Waals surface area contributed by atoms with Crippen molar-refractivity contribution in [3.8, 4) is 0 Å². The number of carbonyl (C=O) groups excluding carboxylic acids is 4. The molecule has 0 radical (unpaired) electrons. The van der Waals surface area contributed by atoms with Crippen LogP contribution in [0.4, 0.5) is 0 Å². The van der Waals surface area contributed by atoms with Crippen molar-refractivity contribution in [3.63, 3.8) is 0 Å². The summed E-state index contributed by atoms with van der Waals surface area (Å²) in [5.74, 6) is -1.56. The van der Waals surface area contributed by atoms with Gasteiger partial charge in [-0.1, -0.05) is 19.4 Å². The first-order valence-corrected chi connectivity index (χ1v) is 13.2. The summed E-state index contributed by atoms with van der Waals surface area (Å²) >= 11 is 0. The SMILES string of the molecule is CCC1CCN(S(=O)(=O)NCCCc2ccc3c(c2)C(=O)N(C2CCC(=O)NC2=O)C3=O)CC1. The van der Waals surface area contributed by atoms with E-state index in [1.165, 1.54) is 4.31 Å². The quantitative estimate of drug-likeness (QED) is 0.412. The van der Waals surface area contributed by atoms with Crippen LogP contribution in [0.3, 0.4) is 0 Å². The summed E-state index contributed by atoms with van der Waals surface area (Å²) in [5.41, 5.74) is 1.26. The highest BCUT2D eigenvalue weighted by Gasteiger charge is 2.44. The number of imide groups is 2. The molecule has 1 atom stereocenters. The average Bonchev–Trinajstić information content (AvgIpc) is 3.06. The van der Waals surface area contributed by atoms with Crippen LogP contribution in [0.1, 0.15) is 71.7 Å². The van der Waals surface area contributed by atoms with Crippen molar-refractivity contribution in [3.05, 3.63) is 34.9 Å². The Hall–Kier alpha value is -2.63. The molecule has 1 aromatic carbocycles. The summed E-state index contributed by atoms with van der Waals surface area (Å²) in [6.45, 7) is 3.47. The van der Waals surface area contributed by atoms with Gasteiger partial charge >= 0.3 is 0 Å². The molecule has 34 heavy (non-hydrogen) atoms. The van der Waals surface area contributed by atoms with Crippen LogP contribution in [-0.2, 0) is 26.2 Å². The molecule has 0 spiro atoms. The number of hydrogen-bond donors (Lipinski definition) is 2. The monoisotopic (exact) mass is 490 g/mol. The fourth-order valence-electron chi connectivity index (χ4n) is 4.82. The fraction of sp³-hybridized carbons (Fsp3) is 0.565. The number of nitrogens with one attached hydrogen (secondary N) is 2. The van der Waals surface area contributed by atoms with E-state index in [2.05, 4.69) is 17.0 Å². The second kappa shape index (κ2) is 9.93. The van der Waals surface area contributed by atoms with Crippen molar-refractivity contribution < 1.29 is 27.6 Å². The van der Waals surface area contributed by atoms with Crippen LogP contribution >= 0.6 is 0 Å². The van der Waals surface area contributed by atoms with Crippen LogP contribution in [0.15, 0.2) is 18.2 Å². The summed E-state index contributed by atoms with van der Waals surface area (Å²) in [6, 6.07) is 3.94. The number of carbonyl (C=O) groups is 4. The fourth-order valence-corrected chi connectivity index (χ4v) is 6.09. The minimum absolute atomic E-state index is 0.0710. The van der Waals surface area contributed by atoms with Crippen molar-refractivity contribution in [2.24, 2.45) is 5.92 Å². The molecule has 1 unspecified atom stereocenters. The largest absolute Gasteiger partial charge is 0.295 e. The Morgan fingerprint density at radius 2 is 1.74 bits per heavy atom. The molecule has 3 aliphatic heterocycles. The van der Waals surface area contributed by atoms with Crippen molar-refractivity contribution in [2.75, 3.05) is 19.6 Å². The second-order valence-electron chi connectivity index (χ2n) is 9.08. The van der Waals surface area contributed by atoms with Crippen molar-refractivity contribution in [1.29, 1.82) is 0 Å². The molecular formula is C23H30N4O6S. The molecule has 2 fully saturated rings. The van der Waals surface area contributed by atoms with Gasteiger partial charge < -0.3 is 0 Å². The standard InChI is InChI=1S/C23H30N4O6S/c1-2-15-9-12-26(13-10-15)34(32,33)24-11-3-4-16-5-6-17-18(14-16)23(31)27(22(17)30)19-7-8-20(28)25-21(19)29/h5-6,14-15,19,24H,2-4,7-13H2,1H3,(H,25,28,29). The van der Waals surface area contributed by atoms with E-state index in [1.54, 1.807) is 18.2 Å². The normalized spacial score (nSPS) is 22.3. The molecular weight excluding hydrogens is 460 g/mol. The lowest BCUT2D eigenvalue weighted by molar-refractivity contribution is -0.136. The summed E-state index contributed by atoms with van der Waals surface area (Å²) in [5, 5.41) is 2.18. The van der Waals surface area contributed by atoms with E-state index in [0.717, 1.165) is 29.7 Å². The Labute approximate surface area is 199 Å². The first-order chi connectivity index (χ1) is 16.2. The van der Waals surface area contributed by atoms with Gasteiger partial charge in [-0.05, 0) is 55.7 Å². The van der Waals surface area contributed by atoms with Crippen LogP contribution in [0, 0.1) is 5.92 Å². The lowest BCUT2D eigenvalue weighted by Crippen LogP contribution is -2.54. The lowest BCUT2D eigenvalue weighted by atomic mass is 9.96. The van der Waals surface area contributed by atoms with E-state index in [1.807, 2.05) is 0 Å². The molecule has 4 amide bonds. The van der Waals surface area contributed by atoms with Crippen LogP contribution in [0.5, 0.6) is 0 Å². The van der Waals surface area contributed by atoms with Crippen LogP contribution in [0.2, 0.25) is 0 Å². The minimum Gasteiger partial charge on any atom is -0.295 e. The topological polar surface area (TPSA) is 133 Å². The van der Waals surface area contributed by atoms with Gasteiger partial charge in [0.05, 0.1) is 11.1 Å². The number of nitrogens with zero attached hydrogens (tertiary/aromatic N) is 2. The molecule has 0 aromatic heterocycles. The van der Waals surface area contributed by atoms with Gasteiger partial charge in [0.2, 0.25) is 11.8 Å². The van der Waals surface area contributed by atoms with Crippen LogP contribution in [-0.4, -0.2) is 66.9 Å². The average molecular weight is 491 g/mol. The number of rotatable bonds is 8. The van der Waals surface area contributed by atoms with Gasteiger partial charge in [0.1, 0.15) is 6.04 Å². The van der Waals surface area contributed by atoms with Gasteiger partial charge in [-0.25, -0.2) is 4.72 Å². The zero-order chi connectivity index (χ0) is 24.5. The van der Waals surface area contributed by atoms with Gasteiger partial charge in [0.25, 0.3) is 22.0 Å². The maximum absolute atomic E-state index is 12.9. The zero-order valence-electron chi connectivity index (χ0n) is 19.2. The Balaban J connectivity index is 1.33. The van der Waals surface area contributed by atoms with E-state index in [4.69, 9.17) is 0 Å². The molecule has 10 nitrogen and oxygen atoms in total. The summed E-state index contributed by atoms with van der Waals surface area (Å²) < 4.78 is 29.2. The molecule has 1 aromatic rings. The molecule has 0 aliphatic carbocycles. The Kier molecular flexibility index (Phi) is 7.15. The highest BCUT2D eigenvalue weighted by molar-refractivity contribution is 7.87. The molecule has 2 N–H and O–H groups in total. The third-order valence-electron chi connectivity index (χ3n) is 6.92. The molecule has 184 valence electrons. The molecule has 0 saturated carbocycles. The predicted molar refractivity (Wildman–Crippen MR) is 123 cm³/mol. The van der Waals surface area contributed by atoms with E-state index < -0.39 is 39.9 Å². The maximum atomic E-state index is 12.9. The first-order valence-electron chi connectivity index (χ1n) is 11.8.